The summed E-state index contributed by atoms with van der Waals surface area (Å²) in [6.45, 7) is 7.99. The molecular weight excluding hydrogens is 252 g/mol. The average molecular weight is 272 g/mol. The maximum absolute atomic E-state index is 5.48. The molecule has 1 heterocycles. The fourth-order valence-electron chi connectivity index (χ4n) is 2.29. The van der Waals surface area contributed by atoms with Crippen LogP contribution in [0.25, 0.3) is 11.4 Å². The molecule has 0 saturated carbocycles. The van der Waals surface area contributed by atoms with E-state index in [1.165, 1.54) is 0 Å². The van der Waals surface area contributed by atoms with Gasteiger partial charge in [0, 0.05) is 11.3 Å². The van der Waals surface area contributed by atoms with Gasteiger partial charge < -0.3 is 9.47 Å². The van der Waals surface area contributed by atoms with Gasteiger partial charge in [0.25, 0.3) is 0 Å². The molecule has 1 aromatic heterocycles. The lowest BCUT2D eigenvalue weighted by Gasteiger charge is -2.14. The molecule has 0 saturated heterocycles. The van der Waals surface area contributed by atoms with Gasteiger partial charge >= 0.3 is 0 Å². The third-order valence-electron chi connectivity index (χ3n) is 3.43. The zero-order valence-electron chi connectivity index (χ0n) is 12.9. The first kappa shape index (κ1) is 14.3. The maximum Gasteiger partial charge on any atom is 0.219 e. The minimum absolute atomic E-state index is 0.606. The second-order valence-electron chi connectivity index (χ2n) is 4.93. The van der Waals surface area contributed by atoms with Crippen molar-refractivity contribution in [2.75, 3.05) is 14.2 Å². The molecule has 0 atom stereocenters. The van der Waals surface area contributed by atoms with Gasteiger partial charge in [-0.05, 0) is 44.9 Å². The van der Waals surface area contributed by atoms with E-state index in [2.05, 4.69) is 16.0 Å². The molecule has 20 heavy (non-hydrogen) atoms. The highest BCUT2D eigenvalue weighted by molar-refractivity contribution is 5.69. The molecule has 0 amide bonds. The molecular formula is C16H20N2O2. The predicted octanol–water partition coefficient (Wildman–Crippen LogP) is 3.39. The standard InChI is InChI=1S/C16H20N2O2/c1-9-7-10(2)14(13(8-9)19-5)15-17-12(4)11(3)16(18-15)20-6/h7-8H,1-6H3. The Hall–Kier alpha value is -2.10. The summed E-state index contributed by atoms with van der Waals surface area (Å²) in [5.41, 5.74) is 5.03. The van der Waals surface area contributed by atoms with Crippen LogP contribution in [-0.2, 0) is 0 Å². The lowest BCUT2D eigenvalue weighted by atomic mass is 10.0. The van der Waals surface area contributed by atoms with Crippen molar-refractivity contribution in [1.82, 2.24) is 9.97 Å². The van der Waals surface area contributed by atoms with E-state index in [1.807, 2.05) is 33.8 Å². The molecule has 2 rings (SSSR count). The van der Waals surface area contributed by atoms with Gasteiger partial charge in [-0.15, -0.1) is 0 Å². The second kappa shape index (κ2) is 5.49. The van der Waals surface area contributed by atoms with Crippen molar-refractivity contribution in [2.45, 2.75) is 27.7 Å². The normalized spacial score (nSPS) is 10.5. The van der Waals surface area contributed by atoms with Crippen molar-refractivity contribution < 1.29 is 9.47 Å². The quantitative estimate of drug-likeness (QED) is 0.859. The summed E-state index contributed by atoms with van der Waals surface area (Å²) >= 11 is 0. The van der Waals surface area contributed by atoms with E-state index < -0.39 is 0 Å². The minimum atomic E-state index is 0.606. The van der Waals surface area contributed by atoms with Crippen LogP contribution < -0.4 is 9.47 Å². The Morgan fingerprint density at radius 2 is 1.60 bits per heavy atom. The molecule has 2 aromatic rings. The van der Waals surface area contributed by atoms with Gasteiger partial charge in [-0.1, -0.05) is 6.07 Å². The van der Waals surface area contributed by atoms with Crippen LogP contribution in [0.3, 0.4) is 0 Å². The first-order valence-corrected chi connectivity index (χ1v) is 6.52. The Labute approximate surface area is 119 Å². The Morgan fingerprint density at radius 3 is 2.20 bits per heavy atom. The summed E-state index contributed by atoms with van der Waals surface area (Å²) in [6.07, 6.45) is 0. The molecule has 4 heteroatoms. The Bertz CT molecular complexity index is 651. The third-order valence-corrected chi connectivity index (χ3v) is 3.43. The van der Waals surface area contributed by atoms with Crippen molar-refractivity contribution in [3.8, 4) is 23.0 Å². The number of aromatic nitrogens is 2. The number of methoxy groups -OCH3 is 2. The van der Waals surface area contributed by atoms with Crippen molar-refractivity contribution in [1.29, 1.82) is 0 Å². The van der Waals surface area contributed by atoms with Crippen LogP contribution in [0.1, 0.15) is 22.4 Å². The third kappa shape index (κ3) is 2.46. The van der Waals surface area contributed by atoms with E-state index >= 15 is 0 Å². The van der Waals surface area contributed by atoms with Crippen LogP contribution in [0.15, 0.2) is 12.1 Å². The van der Waals surface area contributed by atoms with E-state index in [1.54, 1.807) is 14.2 Å². The molecule has 0 radical (unpaired) electrons. The SMILES string of the molecule is COc1cc(C)cc(C)c1-c1nc(C)c(C)c(OC)n1. The molecule has 0 fully saturated rings. The number of ether oxygens (including phenoxy) is 2. The van der Waals surface area contributed by atoms with Gasteiger partial charge in [0.2, 0.25) is 5.88 Å². The lowest BCUT2D eigenvalue weighted by molar-refractivity contribution is 0.393. The smallest absolute Gasteiger partial charge is 0.219 e. The Morgan fingerprint density at radius 1 is 0.900 bits per heavy atom. The van der Waals surface area contributed by atoms with Crippen LogP contribution in [0.5, 0.6) is 11.6 Å². The van der Waals surface area contributed by atoms with E-state index in [0.29, 0.717) is 11.7 Å². The zero-order valence-corrected chi connectivity index (χ0v) is 12.9. The monoisotopic (exact) mass is 272 g/mol. The fraction of sp³-hybridized carbons (Fsp3) is 0.375. The topological polar surface area (TPSA) is 44.2 Å². The molecule has 0 unspecified atom stereocenters. The number of aryl methyl sites for hydroxylation is 3. The summed E-state index contributed by atoms with van der Waals surface area (Å²) < 4.78 is 10.8. The van der Waals surface area contributed by atoms with E-state index in [4.69, 9.17) is 9.47 Å². The van der Waals surface area contributed by atoms with Crippen LogP contribution in [0.2, 0.25) is 0 Å². The maximum atomic E-state index is 5.48. The van der Waals surface area contributed by atoms with Gasteiger partial charge in [-0.2, -0.15) is 4.98 Å². The van der Waals surface area contributed by atoms with Crippen molar-refractivity contribution >= 4 is 0 Å². The Balaban J connectivity index is 2.71. The minimum Gasteiger partial charge on any atom is -0.496 e. The molecule has 1 aromatic carbocycles. The number of hydrogen-bond donors (Lipinski definition) is 0. The molecule has 0 spiro atoms. The molecule has 0 bridgehead atoms. The number of nitrogens with zero attached hydrogens (tertiary/aromatic N) is 2. The van der Waals surface area contributed by atoms with Crippen molar-refractivity contribution in [3.05, 3.63) is 34.5 Å². The summed E-state index contributed by atoms with van der Waals surface area (Å²) in [6, 6.07) is 4.09. The first-order chi connectivity index (χ1) is 9.47. The van der Waals surface area contributed by atoms with Crippen LogP contribution >= 0.6 is 0 Å². The molecule has 0 aliphatic heterocycles. The van der Waals surface area contributed by atoms with Gasteiger partial charge in [0.15, 0.2) is 5.82 Å². The van der Waals surface area contributed by atoms with E-state index in [0.717, 1.165) is 33.7 Å². The molecule has 0 aliphatic carbocycles. The largest absolute Gasteiger partial charge is 0.496 e. The number of benzene rings is 1. The Kier molecular flexibility index (Phi) is 3.93. The summed E-state index contributed by atoms with van der Waals surface area (Å²) in [7, 11) is 3.29. The molecule has 0 N–H and O–H groups in total. The lowest BCUT2D eigenvalue weighted by Crippen LogP contribution is -2.02. The van der Waals surface area contributed by atoms with Gasteiger partial charge in [-0.3, -0.25) is 0 Å². The number of hydrogen-bond acceptors (Lipinski definition) is 4. The highest BCUT2D eigenvalue weighted by Crippen LogP contribution is 2.34. The zero-order chi connectivity index (χ0) is 14.9. The summed E-state index contributed by atoms with van der Waals surface area (Å²) in [5, 5.41) is 0. The van der Waals surface area contributed by atoms with Crippen LogP contribution in [-0.4, -0.2) is 24.2 Å². The number of rotatable bonds is 3. The summed E-state index contributed by atoms with van der Waals surface area (Å²) in [5.74, 6) is 2.03. The predicted molar refractivity (Wildman–Crippen MR) is 79.5 cm³/mol. The van der Waals surface area contributed by atoms with Crippen molar-refractivity contribution in [3.63, 3.8) is 0 Å². The van der Waals surface area contributed by atoms with Crippen molar-refractivity contribution in [2.24, 2.45) is 0 Å². The molecule has 4 nitrogen and oxygen atoms in total. The molecule has 0 aliphatic rings. The highest BCUT2D eigenvalue weighted by Gasteiger charge is 2.16. The van der Waals surface area contributed by atoms with Gasteiger partial charge in [0.1, 0.15) is 5.75 Å². The molecule has 106 valence electrons. The average Bonchev–Trinajstić information content (AvgIpc) is 2.41. The summed E-state index contributed by atoms with van der Waals surface area (Å²) in [4.78, 5) is 9.09. The van der Waals surface area contributed by atoms with Gasteiger partial charge in [-0.25, -0.2) is 4.98 Å². The highest BCUT2D eigenvalue weighted by atomic mass is 16.5. The fourth-order valence-corrected chi connectivity index (χ4v) is 2.29. The van der Waals surface area contributed by atoms with Crippen LogP contribution in [0.4, 0.5) is 0 Å². The van der Waals surface area contributed by atoms with Gasteiger partial charge in [0.05, 0.1) is 19.8 Å². The van der Waals surface area contributed by atoms with E-state index in [9.17, 15) is 0 Å². The van der Waals surface area contributed by atoms with Crippen LogP contribution in [0, 0.1) is 27.7 Å². The second-order valence-corrected chi connectivity index (χ2v) is 4.93. The van der Waals surface area contributed by atoms with E-state index in [-0.39, 0.29) is 0 Å². The first-order valence-electron chi connectivity index (χ1n) is 6.52.